The second-order valence-electron chi connectivity index (χ2n) is 6.73. The average Bonchev–Trinajstić information content (AvgIpc) is 3.14. The van der Waals surface area contributed by atoms with Crippen molar-refractivity contribution in [2.75, 3.05) is 20.8 Å². The van der Waals surface area contributed by atoms with Gasteiger partial charge >= 0.3 is 0 Å². The molecule has 1 N–H and O–H groups in total. The lowest BCUT2D eigenvalue weighted by Crippen LogP contribution is -2.35. The number of carbonyl (C=O) groups excluding carboxylic acids is 1. The molecular weight excluding hydrogens is 354 g/mol. The van der Waals surface area contributed by atoms with Crippen molar-refractivity contribution in [2.24, 2.45) is 0 Å². The number of aryl methyl sites for hydroxylation is 1. The van der Waals surface area contributed by atoms with E-state index in [9.17, 15) is 4.79 Å². The van der Waals surface area contributed by atoms with E-state index in [0.717, 1.165) is 16.8 Å². The molecule has 0 aliphatic carbocycles. The van der Waals surface area contributed by atoms with Gasteiger partial charge in [-0.05, 0) is 38.1 Å². The Morgan fingerprint density at radius 2 is 1.93 bits per heavy atom. The molecule has 1 aromatic heterocycles. The number of benzene rings is 2. The van der Waals surface area contributed by atoms with Crippen LogP contribution in [-0.2, 0) is 4.74 Å². The van der Waals surface area contributed by atoms with Crippen LogP contribution in [0.3, 0.4) is 0 Å². The summed E-state index contributed by atoms with van der Waals surface area (Å²) in [6.45, 7) is 4.37. The van der Waals surface area contributed by atoms with Gasteiger partial charge in [0.1, 0.15) is 11.4 Å². The molecule has 0 spiro atoms. The molecule has 28 heavy (non-hydrogen) atoms. The van der Waals surface area contributed by atoms with Crippen LogP contribution in [0.5, 0.6) is 5.75 Å². The number of hydrogen-bond acceptors (Lipinski definition) is 4. The lowest BCUT2D eigenvalue weighted by molar-refractivity contribution is 0.0906. The molecule has 0 bridgehead atoms. The van der Waals surface area contributed by atoms with E-state index in [2.05, 4.69) is 5.32 Å². The molecule has 3 rings (SSSR count). The second kappa shape index (κ2) is 8.71. The highest BCUT2D eigenvalue weighted by Crippen LogP contribution is 2.27. The Balaban J connectivity index is 2.04. The van der Waals surface area contributed by atoms with E-state index in [4.69, 9.17) is 14.6 Å². The molecule has 3 aromatic rings. The van der Waals surface area contributed by atoms with Gasteiger partial charge in [0, 0.05) is 24.9 Å². The fourth-order valence-corrected chi connectivity index (χ4v) is 2.95. The number of nitrogens with one attached hydrogen (secondary N) is 1. The third kappa shape index (κ3) is 4.40. The van der Waals surface area contributed by atoms with Crippen molar-refractivity contribution < 1.29 is 14.3 Å². The summed E-state index contributed by atoms with van der Waals surface area (Å²) in [6, 6.07) is 15.4. The zero-order valence-electron chi connectivity index (χ0n) is 16.6. The van der Waals surface area contributed by atoms with Gasteiger partial charge in [0.25, 0.3) is 5.91 Å². The van der Waals surface area contributed by atoms with Crippen LogP contribution in [0.15, 0.2) is 54.7 Å². The first kappa shape index (κ1) is 19.6. The summed E-state index contributed by atoms with van der Waals surface area (Å²) in [5, 5.41) is 7.66. The van der Waals surface area contributed by atoms with Crippen molar-refractivity contribution in [1.29, 1.82) is 0 Å². The molecule has 1 unspecified atom stereocenters. The van der Waals surface area contributed by atoms with E-state index in [1.54, 1.807) is 25.1 Å². The highest BCUT2D eigenvalue weighted by atomic mass is 16.5. The third-order valence-electron chi connectivity index (χ3n) is 4.39. The van der Waals surface area contributed by atoms with Gasteiger partial charge in [0.05, 0.1) is 25.0 Å². The van der Waals surface area contributed by atoms with Gasteiger partial charge in [-0.3, -0.25) is 4.79 Å². The van der Waals surface area contributed by atoms with Crippen molar-refractivity contribution in [3.05, 3.63) is 65.9 Å². The fraction of sp³-hybridized carbons (Fsp3) is 0.273. The number of amides is 1. The van der Waals surface area contributed by atoms with E-state index in [1.165, 1.54) is 0 Å². The van der Waals surface area contributed by atoms with Crippen molar-refractivity contribution in [2.45, 2.75) is 19.9 Å². The van der Waals surface area contributed by atoms with Crippen LogP contribution in [0.2, 0.25) is 0 Å². The average molecular weight is 379 g/mol. The molecule has 1 heterocycles. The maximum absolute atomic E-state index is 12.9. The molecule has 0 saturated carbocycles. The summed E-state index contributed by atoms with van der Waals surface area (Å²) in [4.78, 5) is 12.9. The normalized spacial score (nSPS) is 11.9. The Labute approximate surface area is 165 Å². The predicted molar refractivity (Wildman–Crippen MR) is 109 cm³/mol. The van der Waals surface area contributed by atoms with Crippen LogP contribution < -0.4 is 10.1 Å². The number of hydrogen-bond donors (Lipinski definition) is 1. The molecule has 1 atom stereocenters. The molecule has 0 radical (unpaired) electrons. The minimum Gasteiger partial charge on any atom is -0.497 e. The lowest BCUT2D eigenvalue weighted by atomic mass is 10.1. The maximum Gasteiger partial charge on any atom is 0.255 e. The van der Waals surface area contributed by atoms with Gasteiger partial charge in [0.2, 0.25) is 0 Å². The van der Waals surface area contributed by atoms with Gasteiger partial charge in [0.15, 0.2) is 0 Å². The first-order valence-electron chi connectivity index (χ1n) is 9.12. The highest BCUT2D eigenvalue weighted by Gasteiger charge is 2.20. The molecular formula is C22H25N3O3. The Morgan fingerprint density at radius 1 is 1.18 bits per heavy atom. The maximum atomic E-state index is 12.9. The molecule has 0 aliphatic heterocycles. The van der Waals surface area contributed by atoms with Crippen molar-refractivity contribution in [3.63, 3.8) is 0 Å². The summed E-state index contributed by atoms with van der Waals surface area (Å²) in [6.07, 6.45) is 1.76. The summed E-state index contributed by atoms with van der Waals surface area (Å²) in [5.41, 5.74) is 3.96. The van der Waals surface area contributed by atoms with Crippen LogP contribution >= 0.6 is 0 Å². The number of aromatic nitrogens is 2. The van der Waals surface area contributed by atoms with E-state index >= 15 is 0 Å². The molecule has 6 nitrogen and oxygen atoms in total. The van der Waals surface area contributed by atoms with Gasteiger partial charge in [-0.25, -0.2) is 4.68 Å². The number of methoxy groups -OCH3 is 2. The molecule has 0 saturated heterocycles. The summed E-state index contributed by atoms with van der Waals surface area (Å²) >= 11 is 0. The zero-order valence-corrected chi connectivity index (χ0v) is 16.6. The molecule has 1 amide bonds. The van der Waals surface area contributed by atoms with Crippen LogP contribution in [0.4, 0.5) is 0 Å². The van der Waals surface area contributed by atoms with E-state index in [-0.39, 0.29) is 11.9 Å². The van der Waals surface area contributed by atoms with Crippen molar-refractivity contribution in [1.82, 2.24) is 15.1 Å². The molecule has 0 fully saturated rings. The van der Waals surface area contributed by atoms with Crippen molar-refractivity contribution >= 4 is 5.91 Å². The second-order valence-corrected chi connectivity index (χ2v) is 6.73. The van der Waals surface area contributed by atoms with E-state index < -0.39 is 0 Å². The van der Waals surface area contributed by atoms with Crippen LogP contribution in [0, 0.1) is 6.92 Å². The quantitative estimate of drug-likeness (QED) is 0.681. The molecule has 146 valence electrons. The van der Waals surface area contributed by atoms with Crippen molar-refractivity contribution in [3.8, 4) is 22.7 Å². The predicted octanol–water partition coefficient (Wildman–Crippen LogP) is 3.62. The van der Waals surface area contributed by atoms with Gasteiger partial charge in [-0.1, -0.05) is 29.8 Å². The van der Waals surface area contributed by atoms with E-state index in [0.29, 0.717) is 23.6 Å². The molecule has 2 aromatic carbocycles. The zero-order chi connectivity index (χ0) is 20.1. The Hall–Kier alpha value is -3.12. The van der Waals surface area contributed by atoms with E-state index in [1.807, 2.05) is 62.4 Å². The third-order valence-corrected chi connectivity index (χ3v) is 4.39. The van der Waals surface area contributed by atoms with Gasteiger partial charge < -0.3 is 14.8 Å². The number of nitrogens with zero attached hydrogens (tertiary/aromatic N) is 2. The van der Waals surface area contributed by atoms with Gasteiger partial charge in [-0.2, -0.15) is 5.10 Å². The van der Waals surface area contributed by atoms with Gasteiger partial charge in [-0.15, -0.1) is 0 Å². The number of ether oxygens (including phenoxy) is 2. The smallest absolute Gasteiger partial charge is 0.255 e. The fourth-order valence-electron chi connectivity index (χ4n) is 2.95. The largest absolute Gasteiger partial charge is 0.497 e. The number of carbonyl (C=O) groups is 1. The molecule has 0 aliphatic rings. The van der Waals surface area contributed by atoms with Crippen LogP contribution in [0.1, 0.15) is 22.8 Å². The highest BCUT2D eigenvalue weighted by molar-refractivity contribution is 6.00. The van der Waals surface area contributed by atoms with Crippen LogP contribution in [-0.4, -0.2) is 42.6 Å². The molecule has 6 heteroatoms. The summed E-state index contributed by atoms with van der Waals surface area (Å²) in [5.74, 6) is 0.516. The number of rotatable bonds is 7. The topological polar surface area (TPSA) is 65.4 Å². The Morgan fingerprint density at radius 3 is 2.61 bits per heavy atom. The SMILES string of the molecule is COCC(C)NC(=O)c1cn(-c2ccc(C)cc2)nc1-c1cccc(OC)c1. The first-order chi connectivity index (χ1) is 13.5. The van der Waals surface area contributed by atoms with Crippen LogP contribution in [0.25, 0.3) is 16.9 Å². The first-order valence-corrected chi connectivity index (χ1v) is 9.12. The Bertz CT molecular complexity index is 948. The minimum absolute atomic E-state index is 0.113. The lowest BCUT2D eigenvalue weighted by Gasteiger charge is -2.12. The Kier molecular flexibility index (Phi) is 6.11. The summed E-state index contributed by atoms with van der Waals surface area (Å²) < 4.78 is 12.2. The minimum atomic E-state index is -0.194. The monoisotopic (exact) mass is 379 g/mol. The standard InChI is InChI=1S/C22H25N3O3/c1-15-8-10-18(11-9-15)25-13-20(22(26)23-16(2)14-27-3)21(24-25)17-6-5-7-19(12-17)28-4/h5-13,16H,14H2,1-4H3,(H,23,26). The summed E-state index contributed by atoms with van der Waals surface area (Å²) in [7, 11) is 3.23.